The van der Waals surface area contributed by atoms with Crippen molar-refractivity contribution in [3.63, 3.8) is 0 Å². The van der Waals surface area contributed by atoms with Gasteiger partial charge in [-0.05, 0) is 0 Å². The van der Waals surface area contributed by atoms with Crippen LogP contribution in [0.2, 0.25) is 0 Å². The maximum absolute atomic E-state index is 3.85. The highest BCUT2D eigenvalue weighted by molar-refractivity contribution is 4.64. The minimum Gasteiger partial charge on any atom is -0.190 e. The highest BCUT2D eigenvalue weighted by Gasteiger charge is 1.91. The van der Waals surface area contributed by atoms with Gasteiger partial charge in [-0.3, -0.25) is 0 Å². The van der Waals surface area contributed by atoms with Crippen molar-refractivity contribution in [1.29, 1.82) is 0 Å². The minimum absolute atomic E-state index is 1.38. The maximum atomic E-state index is 3.85. The molecule has 0 aliphatic rings. The van der Waals surface area contributed by atoms with E-state index in [0.29, 0.717) is 0 Å². The first-order valence-corrected chi connectivity index (χ1v) is 2.68. The molecule has 0 fully saturated rings. The van der Waals surface area contributed by atoms with Crippen LogP contribution in [0, 0.1) is 0 Å². The first kappa shape index (κ1) is 5.10. The first-order chi connectivity index (χ1) is 4.97. The van der Waals surface area contributed by atoms with Gasteiger partial charge < -0.3 is 0 Å². The molecule has 0 spiro atoms. The van der Waals surface area contributed by atoms with Crippen molar-refractivity contribution < 1.29 is 0 Å². The monoisotopic (exact) mass is 136 g/mol. The van der Waals surface area contributed by atoms with Gasteiger partial charge in [0.15, 0.2) is 0 Å². The highest BCUT2D eigenvalue weighted by Crippen LogP contribution is 1.80. The van der Waals surface area contributed by atoms with Gasteiger partial charge in [-0.1, -0.05) is 4.91 Å². The molecule has 0 saturated heterocycles. The van der Waals surface area contributed by atoms with E-state index in [0.717, 1.165) is 0 Å². The Kier molecular flexibility index (Phi) is 0.970. The van der Waals surface area contributed by atoms with E-state index in [9.17, 15) is 0 Å². The molecular formula is C4H4N6. The van der Waals surface area contributed by atoms with Gasteiger partial charge in [0.2, 0.25) is 0 Å². The Bertz CT molecular complexity index is 249. The van der Waals surface area contributed by atoms with Crippen molar-refractivity contribution in [3.8, 4) is 0 Å². The molecule has 50 valence electrons. The van der Waals surface area contributed by atoms with Crippen molar-refractivity contribution in [2.75, 3.05) is 0 Å². The van der Waals surface area contributed by atoms with Crippen LogP contribution in [0.15, 0.2) is 25.0 Å². The van der Waals surface area contributed by atoms with E-state index in [-0.39, 0.29) is 0 Å². The number of hydrogen-bond acceptors (Lipinski definition) is 4. The fourth-order valence-electron chi connectivity index (χ4n) is 0.616. The summed E-state index contributed by atoms with van der Waals surface area (Å²) in [4.78, 5) is 1.38. The molecule has 6 heteroatoms. The van der Waals surface area contributed by atoms with Crippen LogP contribution in [0.25, 0.3) is 0 Å². The van der Waals surface area contributed by atoms with Crippen LogP contribution in [-0.4, -0.2) is 30.0 Å². The van der Waals surface area contributed by atoms with E-state index in [1.807, 2.05) is 0 Å². The SMILES string of the molecule is c1cnn(-n2cnnc2)n1. The maximum Gasteiger partial charge on any atom is 0.143 e. The molecule has 0 aliphatic heterocycles. The van der Waals surface area contributed by atoms with Crippen LogP contribution >= 0.6 is 0 Å². The summed E-state index contributed by atoms with van der Waals surface area (Å²) in [5, 5.41) is 14.9. The van der Waals surface area contributed by atoms with Crippen molar-refractivity contribution in [2.24, 2.45) is 0 Å². The molecule has 0 amide bonds. The van der Waals surface area contributed by atoms with Crippen molar-refractivity contribution >= 4 is 0 Å². The Morgan fingerprint density at radius 1 is 0.900 bits per heavy atom. The summed E-state index contributed by atoms with van der Waals surface area (Å²) >= 11 is 0. The van der Waals surface area contributed by atoms with E-state index in [1.165, 1.54) is 17.6 Å². The summed E-state index contributed by atoms with van der Waals surface area (Å²) < 4.78 is 1.56. The standard InChI is InChI=1S/C4H4N6/c1-2-8-10(7-1)9-3-5-6-4-9/h1-4H. The van der Waals surface area contributed by atoms with E-state index in [4.69, 9.17) is 0 Å². The number of rotatable bonds is 1. The third-order valence-corrected chi connectivity index (χ3v) is 1.02. The third kappa shape index (κ3) is 0.661. The van der Waals surface area contributed by atoms with Gasteiger partial charge in [-0.15, -0.1) is 20.4 Å². The summed E-state index contributed by atoms with van der Waals surface area (Å²) in [5.74, 6) is 0. The van der Waals surface area contributed by atoms with Crippen molar-refractivity contribution in [1.82, 2.24) is 30.0 Å². The lowest BCUT2D eigenvalue weighted by Gasteiger charge is -1.93. The van der Waals surface area contributed by atoms with Gasteiger partial charge >= 0.3 is 0 Å². The molecule has 0 radical (unpaired) electrons. The Morgan fingerprint density at radius 3 is 2.10 bits per heavy atom. The van der Waals surface area contributed by atoms with Gasteiger partial charge in [0.1, 0.15) is 12.7 Å². The zero-order chi connectivity index (χ0) is 6.81. The van der Waals surface area contributed by atoms with Gasteiger partial charge in [-0.2, -0.15) is 4.68 Å². The molecule has 6 nitrogen and oxygen atoms in total. The van der Waals surface area contributed by atoms with E-state index in [2.05, 4.69) is 20.4 Å². The Morgan fingerprint density at radius 2 is 1.50 bits per heavy atom. The molecule has 0 unspecified atom stereocenters. The third-order valence-electron chi connectivity index (χ3n) is 1.02. The second kappa shape index (κ2) is 1.90. The van der Waals surface area contributed by atoms with E-state index < -0.39 is 0 Å². The Labute approximate surface area is 56.1 Å². The smallest absolute Gasteiger partial charge is 0.143 e. The van der Waals surface area contributed by atoms with Crippen LogP contribution in [-0.2, 0) is 0 Å². The quantitative estimate of drug-likeness (QED) is 0.514. The van der Waals surface area contributed by atoms with Crippen LogP contribution in [0.3, 0.4) is 0 Å². The molecule has 0 aliphatic carbocycles. The van der Waals surface area contributed by atoms with E-state index >= 15 is 0 Å². The summed E-state index contributed by atoms with van der Waals surface area (Å²) in [6.07, 6.45) is 6.19. The molecule has 0 aromatic carbocycles. The van der Waals surface area contributed by atoms with Crippen LogP contribution in [0.4, 0.5) is 0 Å². The van der Waals surface area contributed by atoms with Gasteiger partial charge in [0.25, 0.3) is 0 Å². The molecule has 0 bridgehead atoms. The van der Waals surface area contributed by atoms with Crippen LogP contribution in [0.5, 0.6) is 0 Å². The highest BCUT2D eigenvalue weighted by atomic mass is 15.7. The molecule has 0 saturated carbocycles. The second-order valence-corrected chi connectivity index (χ2v) is 1.64. The van der Waals surface area contributed by atoms with Gasteiger partial charge in [0.05, 0.1) is 12.4 Å². The molecule has 2 aromatic rings. The number of aromatic nitrogens is 6. The Balaban J connectivity index is 2.48. The summed E-state index contributed by atoms with van der Waals surface area (Å²) in [7, 11) is 0. The predicted molar refractivity (Wildman–Crippen MR) is 30.8 cm³/mol. The van der Waals surface area contributed by atoms with Crippen LogP contribution in [0.1, 0.15) is 0 Å². The number of hydrogen-bond donors (Lipinski definition) is 0. The second-order valence-electron chi connectivity index (χ2n) is 1.64. The Hall–Kier alpha value is -1.72. The van der Waals surface area contributed by atoms with Crippen molar-refractivity contribution in [2.45, 2.75) is 0 Å². The largest absolute Gasteiger partial charge is 0.190 e. The minimum atomic E-state index is 1.38. The topological polar surface area (TPSA) is 61.4 Å². The average Bonchev–Trinajstić information content (AvgIpc) is 2.59. The normalized spacial score (nSPS) is 10.0. The van der Waals surface area contributed by atoms with E-state index in [1.54, 1.807) is 17.1 Å². The zero-order valence-corrected chi connectivity index (χ0v) is 4.99. The molecule has 0 atom stereocenters. The first-order valence-electron chi connectivity index (χ1n) is 2.68. The van der Waals surface area contributed by atoms with Crippen LogP contribution < -0.4 is 0 Å². The molecule has 2 heterocycles. The molecule has 0 N–H and O–H groups in total. The molecule has 2 aromatic heterocycles. The van der Waals surface area contributed by atoms with Gasteiger partial charge in [0, 0.05) is 0 Å². The lowest BCUT2D eigenvalue weighted by molar-refractivity contribution is 0.494. The molecule has 2 rings (SSSR count). The average molecular weight is 136 g/mol. The lowest BCUT2D eigenvalue weighted by Crippen LogP contribution is -2.09. The summed E-state index contributed by atoms with van der Waals surface area (Å²) in [6, 6.07) is 0. The predicted octanol–water partition coefficient (Wildman–Crippen LogP) is -0.819. The molecular weight excluding hydrogens is 132 g/mol. The van der Waals surface area contributed by atoms with Crippen molar-refractivity contribution in [3.05, 3.63) is 25.0 Å². The van der Waals surface area contributed by atoms with Gasteiger partial charge in [-0.25, -0.2) is 0 Å². The fourth-order valence-corrected chi connectivity index (χ4v) is 0.616. The zero-order valence-electron chi connectivity index (χ0n) is 4.99. The summed E-state index contributed by atoms with van der Waals surface area (Å²) in [6.45, 7) is 0. The summed E-state index contributed by atoms with van der Waals surface area (Å²) in [5.41, 5.74) is 0. The number of nitrogens with zero attached hydrogens (tertiary/aromatic N) is 6. The fraction of sp³-hybridized carbons (Fsp3) is 0. The molecule has 10 heavy (non-hydrogen) atoms. The lowest BCUT2D eigenvalue weighted by atomic mass is 11.0.